The third-order valence-corrected chi connectivity index (χ3v) is 3.13. The van der Waals surface area contributed by atoms with Gasteiger partial charge in [0.05, 0.1) is 0 Å². The van der Waals surface area contributed by atoms with Crippen LogP contribution in [-0.2, 0) is 0 Å². The van der Waals surface area contributed by atoms with E-state index in [0.717, 1.165) is 12.0 Å². The van der Waals surface area contributed by atoms with Gasteiger partial charge in [-0.2, -0.15) is 0 Å². The van der Waals surface area contributed by atoms with E-state index in [1.54, 1.807) is 0 Å². The Balaban J connectivity index is 2.30. The fourth-order valence-electron chi connectivity index (χ4n) is 2.23. The number of hydrogen-bond donors (Lipinski definition) is 1. The van der Waals surface area contributed by atoms with Crippen LogP contribution in [-0.4, -0.2) is 37.6 Å². The summed E-state index contributed by atoms with van der Waals surface area (Å²) in [5, 5.41) is 3.28. The predicted octanol–water partition coefficient (Wildman–Crippen LogP) is 1.33. The van der Waals surface area contributed by atoms with Crippen LogP contribution in [0.25, 0.3) is 0 Å². The molecule has 1 aliphatic carbocycles. The minimum atomic E-state index is 0.868. The first-order valence-electron chi connectivity index (χ1n) is 5.22. The standard InChI is InChI=1S/C10H22N2/c1-4-12(5-2)10-7-6-9(10)8-11-3/h9-11H,4-8H2,1-3H3. The first-order chi connectivity index (χ1) is 5.83. The van der Waals surface area contributed by atoms with Crippen molar-refractivity contribution in [3.05, 3.63) is 0 Å². The minimum Gasteiger partial charge on any atom is -0.319 e. The van der Waals surface area contributed by atoms with Gasteiger partial charge in [0.25, 0.3) is 0 Å². The molecule has 0 amide bonds. The maximum absolute atomic E-state index is 3.28. The third kappa shape index (κ3) is 1.99. The molecule has 1 N–H and O–H groups in total. The molecule has 0 aliphatic heterocycles. The predicted molar refractivity (Wildman–Crippen MR) is 53.4 cm³/mol. The highest BCUT2D eigenvalue weighted by molar-refractivity contribution is 4.88. The average molecular weight is 170 g/mol. The Bertz CT molecular complexity index is 121. The van der Waals surface area contributed by atoms with Gasteiger partial charge in [0.15, 0.2) is 0 Å². The number of nitrogens with one attached hydrogen (secondary N) is 1. The Hall–Kier alpha value is -0.0800. The summed E-state index contributed by atoms with van der Waals surface area (Å²) >= 11 is 0. The van der Waals surface area contributed by atoms with Gasteiger partial charge >= 0.3 is 0 Å². The highest BCUT2D eigenvalue weighted by Crippen LogP contribution is 2.31. The summed E-state index contributed by atoms with van der Waals surface area (Å²) in [5.74, 6) is 0.912. The van der Waals surface area contributed by atoms with Gasteiger partial charge < -0.3 is 10.2 Å². The number of nitrogens with zero attached hydrogens (tertiary/aromatic N) is 1. The molecule has 0 saturated heterocycles. The van der Waals surface area contributed by atoms with E-state index in [0.29, 0.717) is 0 Å². The van der Waals surface area contributed by atoms with Gasteiger partial charge in [-0.25, -0.2) is 0 Å². The summed E-state index contributed by atoms with van der Waals surface area (Å²) in [7, 11) is 2.05. The largest absolute Gasteiger partial charge is 0.319 e. The number of rotatable bonds is 5. The lowest BCUT2D eigenvalue weighted by Crippen LogP contribution is -2.50. The van der Waals surface area contributed by atoms with E-state index < -0.39 is 0 Å². The van der Waals surface area contributed by atoms with Crippen molar-refractivity contribution in [2.24, 2.45) is 5.92 Å². The number of hydrogen-bond acceptors (Lipinski definition) is 2. The van der Waals surface area contributed by atoms with Gasteiger partial charge in [-0.05, 0) is 45.4 Å². The summed E-state index contributed by atoms with van der Waals surface area (Å²) in [6, 6.07) is 0.868. The van der Waals surface area contributed by atoms with Crippen molar-refractivity contribution in [1.82, 2.24) is 10.2 Å². The lowest BCUT2D eigenvalue weighted by atomic mass is 9.78. The monoisotopic (exact) mass is 170 g/mol. The van der Waals surface area contributed by atoms with Crippen molar-refractivity contribution in [3.63, 3.8) is 0 Å². The van der Waals surface area contributed by atoms with E-state index in [9.17, 15) is 0 Å². The van der Waals surface area contributed by atoms with Crippen LogP contribution < -0.4 is 5.32 Å². The van der Waals surface area contributed by atoms with E-state index in [1.165, 1.54) is 32.5 Å². The smallest absolute Gasteiger partial charge is 0.0135 e. The Kier molecular flexibility index (Phi) is 4.02. The fourth-order valence-corrected chi connectivity index (χ4v) is 2.23. The molecule has 0 aromatic heterocycles. The molecule has 0 bridgehead atoms. The highest BCUT2D eigenvalue weighted by atomic mass is 15.2. The fraction of sp³-hybridized carbons (Fsp3) is 1.00. The summed E-state index contributed by atoms with van der Waals surface area (Å²) in [5.41, 5.74) is 0. The van der Waals surface area contributed by atoms with Crippen LogP contribution >= 0.6 is 0 Å². The minimum absolute atomic E-state index is 0.868. The summed E-state index contributed by atoms with van der Waals surface area (Å²) in [4.78, 5) is 2.59. The molecule has 0 aromatic carbocycles. The Morgan fingerprint density at radius 3 is 2.25 bits per heavy atom. The molecular formula is C10H22N2. The Morgan fingerprint density at radius 2 is 1.92 bits per heavy atom. The van der Waals surface area contributed by atoms with Crippen molar-refractivity contribution in [1.29, 1.82) is 0 Å². The van der Waals surface area contributed by atoms with Gasteiger partial charge in [-0.15, -0.1) is 0 Å². The second-order valence-electron chi connectivity index (χ2n) is 3.68. The highest BCUT2D eigenvalue weighted by Gasteiger charge is 2.33. The lowest BCUT2D eigenvalue weighted by molar-refractivity contribution is 0.0718. The van der Waals surface area contributed by atoms with Gasteiger partial charge in [-0.1, -0.05) is 13.8 Å². The molecule has 2 nitrogen and oxygen atoms in total. The zero-order valence-corrected chi connectivity index (χ0v) is 8.64. The Morgan fingerprint density at radius 1 is 1.25 bits per heavy atom. The van der Waals surface area contributed by atoms with E-state index in [-0.39, 0.29) is 0 Å². The van der Waals surface area contributed by atoms with Crippen LogP contribution in [0.15, 0.2) is 0 Å². The molecule has 1 saturated carbocycles. The van der Waals surface area contributed by atoms with Gasteiger partial charge in [0.1, 0.15) is 0 Å². The van der Waals surface area contributed by atoms with Crippen LogP contribution in [0, 0.1) is 5.92 Å². The normalized spacial score (nSPS) is 29.0. The molecule has 2 atom stereocenters. The third-order valence-electron chi connectivity index (χ3n) is 3.13. The maximum atomic E-state index is 3.28. The van der Waals surface area contributed by atoms with E-state index in [4.69, 9.17) is 0 Å². The molecule has 0 spiro atoms. The van der Waals surface area contributed by atoms with Gasteiger partial charge in [0, 0.05) is 6.04 Å². The van der Waals surface area contributed by atoms with E-state index in [2.05, 4.69) is 31.1 Å². The molecule has 12 heavy (non-hydrogen) atoms. The van der Waals surface area contributed by atoms with Crippen molar-refractivity contribution in [2.75, 3.05) is 26.7 Å². The van der Waals surface area contributed by atoms with E-state index in [1.807, 2.05) is 0 Å². The summed E-state index contributed by atoms with van der Waals surface area (Å²) in [6.45, 7) is 8.14. The summed E-state index contributed by atoms with van der Waals surface area (Å²) < 4.78 is 0. The van der Waals surface area contributed by atoms with E-state index >= 15 is 0 Å². The first-order valence-corrected chi connectivity index (χ1v) is 5.22. The second-order valence-corrected chi connectivity index (χ2v) is 3.68. The van der Waals surface area contributed by atoms with Crippen LogP contribution in [0.2, 0.25) is 0 Å². The molecule has 0 heterocycles. The van der Waals surface area contributed by atoms with Gasteiger partial charge in [0.2, 0.25) is 0 Å². The second kappa shape index (κ2) is 4.83. The molecule has 1 rings (SSSR count). The molecular weight excluding hydrogens is 148 g/mol. The van der Waals surface area contributed by atoms with Gasteiger partial charge in [-0.3, -0.25) is 0 Å². The van der Waals surface area contributed by atoms with Crippen molar-refractivity contribution in [2.45, 2.75) is 32.7 Å². The summed E-state index contributed by atoms with van der Waals surface area (Å²) in [6.07, 6.45) is 2.83. The zero-order valence-electron chi connectivity index (χ0n) is 8.64. The molecule has 2 unspecified atom stereocenters. The average Bonchev–Trinajstić information content (AvgIpc) is 2.07. The SMILES string of the molecule is CCN(CC)C1CCC1CNC. The topological polar surface area (TPSA) is 15.3 Å². The van der Waals surface area contributed by atoms with Crippen molar-refractivity contribution >= 4 is 0 Å². The molecule has 2 heteroatoms. The van der Waals surface area contributed by atoms with Crippen LogP contribution in [0.5, 0.6) is 0 Å². The lowest BCUT2D eigenvalue weighted by Gasteiger charge is -2.43. The van der Waals surface area contributed by atoms with Crippen LogP contribution in [0.1, 0.15) is 26.7 Å². The molecule has 0 radical (unpaired) electrons. The van der Waals surface area contributed by atoms with Crippen molar-refractivity contribution in [3.8, 4) is 0 Å². The molecule has 72 valence electrons. The molecule has 1 aliphatic rings. The van der Waals surface area contributed by atoms with Crippen LogP contribution in [0.4, 0.5) is 0 Å². The van der Waals surface area contributed by atoms with Crippen LogP contribution in [0.3, 0.4) is 0 Å². The Labute approximate surface area is 76.3 Å². The quantitative estimate of drug-likeness (QED) is 0.669. The van der Waals surface area contributed by atoms with Crippen molar-refractivity contribution < 1.29 is 0 Å². The first kappa shape index (κ1) is 10.0. The molecule has 0 aromatic rings. The zero-order chi connectivity index (χ0) is 8.97. The molecule has 1 fully saturated rings. The maximum Gasteiger partial charge on any atom is 0.0135 e.